The SMILES string of the molecule is CN(c1cnn(C2CC2)c1)c1cccc2c1C(=O)N(C1CCC(=O)NC1=O)C2=O. The van der Waals surface area contributed by atoms with Gasteiger partial charge in [-0.1, -0.05) is 6.07 Å². The number of fused-ring (bicyclic) bond motifs is 1. The van der Waals surface area contributed by atoms with Crippen molar-refractivity contribution in [1.82, 2.24) is 20.0 Å². The molecule has 0 bridgehead atoms. The van der Waals surface area contributed by atoms with E-state index in [1.54, 1.807) is 24.4 Å². The highest BCUT2D eigenvalue weighted by molar-refractivity contribution is 6.25. The van der Waals surface area contributed by atoms with Gasteiger partial charge in [-0.15, -0.1) is 0 Å². The zero-order chi connectivity index (χ0) is 20.3. The Labute approximate surface area is 166 Å². The van der Waals surface area contributed by atoms with Gasteiger partial charge in [0, 0.05) is 19.7 Å². The number of nitrogens with one attached hydrogen (secondary N) is 1. The van der Waals surface area contributed by atoms with Crippen LogP contribution in [-0.2, 0) is 9.59 Å². The summed E-state index contributed by atoms with van der Waals surface area (Å²) in [5.41, 5.74) is 1.92. The number of carbonyl (C=O) groups excluding carboxylic acids is 4. The first kappa shape index (κ1) is 17.6. The summed E-state index contributed by atoms with van der Waals surface area (Å²) in [4.78, 5) is 52.6. The standard InChI is InChI=1S/C20H19N5O4/c1-23(12-9-21-24(10-12)11-5-6-11)14-4-2-3-13-17(14)20(29)25(19(13)28)15-7-8-16(26)22-18(15)27/h2-4,9-11,15H,5-8H2,1H3,(H,22,26,27). The number of carbonyl (C=O) groups is 4. The maximum atomic E-state index is 13.2. The van der Waals surface area contributed by atoms with Crippen LogP contribution in [0.25, 0.3) is 0 Å². The van der Waals surface area contributed by atoms with Crippen LogP contribution < -0.4 is 10.2 Å². The third-order valence-corrected chi connectivity index (χ3v) is 5.70. The number of benzene rings is 1. The smallest absolute Gasteiger partial charge is 0.264 e. The average molecular weight is 393 g/mol. The zero-order valence-electron chi connectivity index (χ0n) is 15.8. The molecule has 0 radical (unpaired) electrons. The van der Waals surface area contributed by atoms with E-state index < -0.39 is 29.7 Å². The van der Waals surface area contributed by atoms with Crippen molar-refractivity contribution in [2.24, 2.45) is 0 Å². The molecule has 1 saturated carbocycles. The summed E-state index contributed by atoms with van der Waals surface area (Å²) in [6.07, 6.45) is 6.11. The molecule has 5 rings (SSSR count). The molecule has 4 amide bonds. The molecule has 0 spiro atoms. The molecule has 1 unspecified atom stereocenters. The number of aromatic nitrogens is 2. The van der Waals surface area contributed by atoms with Crippen molar-refractivity contribution >= 4 is 35.0 Å². The minimum Gasteiger partial charge on any atom is -0.341 e. The maximum Gasteiger partial charge on any atom is 0.264 e. The third kappa shape index (κ3) is 2.72. The summed E-state index contributed by atoms with van der Waals surface area (Å²) in [5, 5.41) is 6.60. The van der Waals surface area contributed by atoms with Gasteiger partial charge in [0.2, 0.25) is 11.8 Å². The predicted molar refractivity (Wildman–Crippen MR) is 102 cm³/mol. The molecule has 1 atom stereocenters. The molecule has 2 aliphatic heterocycles. The summed E-state index contributed by atoms with van der Waals surface area (Å²) >= 11 is 0. The zero-order valence-corrected chi connectivity index (χ0v) is 15.8. The molecule has 2 fully saturated rings. The number of amides is 4. The summed E-state index contributed by atoms with van der Waals surface area (Å²) < 4.78 is 1.91. The van der Waals surface area contributed by atoms with Crippen LogP contribution in [0.4, 0.5) is 11.4 Å². The van der Waals surface area contributed by atoms with E-state index in [2.05, 4.69) is 10.4 Å². The summed E-state index contributed by atoms with van der Waals surface area (Å²) in [7, 11) is 1.82. The molecule has 9 heteroatoms. The van der Waals surface area contributed by atoms with Crippen molar-refractivity contribution in [3.63, 3.8) is 0 Å². The van der Waals surface area contributed by atoms with E-state index >= 15 is 0 Å². The molecule has 29 heavy (non-hydrogen) atoms. The third-order valence-electron chi connectivity index (χ3n) is 5.70. The highest BCUT2D eigenvalue weighted by atomic mass is 16.2. The van der Waals surface area contributed by atoms with Gasteiger partial charge < -0.3 is 4.90 Å². The highest BCUT2D eigenvalue weighted by Crippen LogP contribution is 2.38. The Morgan fingerprint density at radius 2 is 1.90 bits per heavy atom. The number of anilines is 2. The number of hydrogen-bond acceptors (Lipinski definition) is 6. The first-order valence-electron chi connectivity index (χ1n) is 9.58. The van der Waals surface area contributed by atoms with Crippen molar-refractivity contribution < 1.29 is 19.2 Å². The quantitative estimate of drug-likeness (QED) is 0.787. The molecule has 148 valence electrons. The second-order valence-electron chi connectivity index (χ2n) is 7.62. The Bertz CT molecular complexity index is 1070. The van der Waals surface area contributed by atoms with Crippen molar-refractivity contribution in [1.29, 1.82) is 0 Å². The Morgan fingerprint density at radius 3 is 2.62 bits per heavy atom. The van der Waals surface area contributed by atoms with Crippen molar-refractivity contribution in [3.8, 4) is 0 Å². The topological polar surface area (TPSA) is 105 Å². The molecule has 1 N–H and O–H groups in total. The Morgan fingerprint density at radius 1 is 1.10 bits per heavy atom. The Kier molecular flexibility index (Phi) is 3.80. The first-order chi connectivity index (χ1) is 14.0. The number of piperidine rings is 1. The van der Waals surface area contributed by atoms with E-state index in [1.807, 2.05) is 22.8 Å². The second-order valence-corrected chi connectivity index (χ2v) is 7.62. The van der Waals surface area contributed by atoms with Gasteiger partial charge in [-0.2, -0.15) is 5.10 Å². The molecule has 1 aliphatic carbocycles. The lowest BCUT2D eigenvalue weighted by molar-refractivity contribution is -0.136. The van der Waals surface area contributed by atoms with Crippen LogP contribution in [0.1, 0.15) is 52.4 Å². The summed E-state index contributed by atoms with van der Waals surface area (Å²) in [5.74, 6) is -2.03. The number of nitrogens with zero attached hydrogens (tertiary/aromatic N) is 4. The fourth-order valence-electron chi connectivity index (χ4n) is 3.96. The van der Waals surface area contributed by atoms with Crippen LogP contribution >= 0.6 is 0 Å². The van der Waals surface area contributed by atoms with Crippen LogP contribution in [0.15, 0.2) is 30.6 Å². The molecule has 1 saturated heterocycles. The number of imide groups is 2. The molecule has 1 aromatic heterocycles. The van der Waals surface area contributed by atoms with Gasteiger partial charge in [-0.05, 0) is 31.4 Å². The normalized spacial score (nSPS) is 21.4. The first-order valence-corrected chi connectivity index (χ1v) is 9.58. The van der Waals surface area contributed by atoms with Crippen LogP contribution in [0.3, 0.4) is 0 Å². The largest absolute Gasteiger partial charge is 0.341 e. The Hall–Kier alpha value is -3.49. The molecule has 1 aromatic carbocycles. The minimum absolute atomic E-state index is 0.0942. The fourth-order valence-corrected chi connectivity index (χ4v) is 3.96. The summed E-state index contributed by atoms with van der Waals surface area (Å²) in [6, 6.07) is 4.54. The lowest BCUT2D eigenvalue weighted by Crippen LogP contribution is -2.54. The molecular formula is C20H19N5O4. The van der Waals surface area contributed by atoms with Crippen molar-refractivity contribution in [2.45, 2.75) is 37.8 Å². The van der Waals surface area contributed by atoms with E-state index in [4.69, 9.17) is 0 Å². The van der Waals surface area contributed by atoms with E-state index in [1.165, 1.54) is 0 Å². The lowest BCUT2D eigenvalue weighted by Gasteiger charge is -2.28. The van der Waals surface area contributed by atoms with Crippen molar-refractivity contribution in [3.05, 3.63) is 41.7 Å². The minimum atomic E-state index is -0.976. The molecule has 2 aromatic rings. The molecule has 3 heterocycles. The molecule has 9 nitrogen and oxygen atoms in total. The van der Waals surface area contributed by atoms with Gasteiger partial charge in [0.15, 0.2) is 0 Å². The van der Waals surface area contributed by atoms with Gasteiger partial charge in [-0.25, -0.2) is 0 Å². The van der Waals surface area contributed by atoms with E-state index in [0.717, 1.165) is 23.4 Å². The van der Waals surface area contributed by atoms with E-state index in [9.17, 15) is 19.2 Å². The van der Waals surface area contributed by atoms with Gasteiger partial charge in [-0.3, -0.25) is 34.1 Å². The van der Waals surface area contributed by atoms with Crippen LogP contribution in [0.2, 0.25) is 0 Å². The molecular weight excluding hydrogens is 374 g/mol. The van der Waals surface area contributed by atoms with Crippen LogP contribution in [0, 0.1) is 0 Å². The number of rotatable bonds is 4. The maximum absolute atomic E-state index is 13.2. The van der Waals surface area contributed by atoms with Crippen LogP contribution in [-0.4, -0.2) is 51.4 Å². The van der Waals surface area contributed by atoms with Crippen molar-refractivity contribution in [2.75, 3.05) is 11.9 Å². The van der Waals surface area contributed by atoms with Gasteiger partial charge in [0.05, 0.1) is 34.7 Å². The monoisotopic (exact) mass is 393 g/mol. The second kappa shape index (κ2) is 6.26. The summed E-state index contributed by atoms with van der Waals surface area (Å²) in [6.45, 7) is 0. The van der Waals surface area contributed by atoms with E-state index in [0.29, 0.717) is 11.7 Å². The van der Waals surface area contributed by atoms with E-state index in [-0.39, 0.29) is 24.0 Å². The van der Waals surface area contributed by atoms with Gasteiger partial charge in [0.25, 0.3) is 11.8 Å². The van der Waals surface area contributed by atoms with Gasteiger partial charge >= 0.3 is 0 Å². The van der Waals surface area contributed by atoms with Gasteiger partial charge in [0.1, 0.15) is 6.04 Å². The molecule has 3 aliphatic rings. The fraction of sp³-hybridized carbons (Fsp3) is 0.350. The number of hydrogen-bond donors (Lipinski definition) is 1. The average Bonchev–Trinajstić information content (AvgIpc) is 3.38. The lowest BCUT2D eigenvalue weighted by atomic mass is 10.0. The highest BCUT2D eigenvalue weighted by Gasteiger charge is 2.46. The van der Waals surface area contributed by atoms with Crippen LogP contribution in [0.5, 0.6) is 0 Å². The Balaban J connectivity index is 1.50. The predicted octanol–water partition coefficient (Wildman–Crippen LogP) is 1.39.